The van der Waals surface area contributed by atoms with E-state index in [-0.39, 0.29) is 5.54 Å². The Morgan fingerprint density at radius 2 is 2.07 bits per heavy atom. The van der Waals surface area contributed by atoms with E-state index in [2.05, 4.69) is 25.7 Å². The second kappa shape index (κ2) is 5.13. The van der Waals surface area contributed by atoms with Gasteiger partial charge in [-0.05, 0) is 39.8 Å². The summed E-state index contributed by atoms with van der Waals surface area (Å²) in [4.78, 5) is 2.55. The van der Waals surface area contributed by atoms with Crippen LogP contribution in [0.1, 0.15) is 46.5 Å². The van der Waals surface area contributed by atoms with Crippen LogP contribution in [0.15, 0.2) is 0 Å². The fraction of sp³-hybridized carbons (Fsp3) is 1.00. The van der Waals surface area contributed by atoms with Crippen LogP contribution in [0.3, 0.4) is 0 Å². The predicted octanol–water partition coefficient (Wildman–Crippen LogP) is 2.27. The Balaban J connectivity index is 2.39. The van der Waals surface area contributed by atoms with Crippen LogP contribution in [-0.2, 0) is 0 Å². The molecule has 0 saturated carbocycles. The highest BCUT2D eigenvalue weighted by Gasteiger charge is 2.39. The summed E-state index contributed by atoms with van der Waals surface area (Å²) in [6, 6.07) is 0. The topological polar surface area (TPSA) is 23.5 Å². The summed E-state index contributed by atoms with van der Waals surface area (Å²) in [7, 11) is 0. The molecule has 0 aromatic carbocycles. The summed E-state index contributed by atoms with van der Waals surface area (Å²) < 4.78 is 0. The minimum atomic E-state index is 0.211. The van der Waals surface area contributed by atoms with Crippen molar-refractivity contribution in [2.45, 2.75) is 52.0 Å². The molecular formula is C12H25NO. The van der Waals surface area contributed by atoms with Crippen molar-refractivity contribution in [1.82, 2.24) is 4.90 Å². The van der Waals surface area contributed by atoms with Gasteiger partial charge in [0, 0.05) is 18.1 Å². The molecule has 0 amide bonds. The summed E-state index contributed by atoms with van der Waals surface area (Å²) in [6.45, 7) is 9.50. The van der Waals surface area contributed by atoms with Gasteiger partial charge in [0.05, 0.1) is 0 Å². The van der Waals surface area contributed by atoms with Gasteiger partial charge < -0.3 is 5.11 Å². The van der Waals surface area contributed by atoms with Crippen LogP contribution in [-0.4, -0.2) is 35.2 Å². The first-order valence-electron chi connectivity index (χ1n) is 5.98. The lowest BCUT2D eigenvalue weighted by molar-refractivity contribution is 0.0987. The molecule has 14 heavy (non-hydrogen) atoms. The van der Waals surface area contributed by atoms with Gasteiger partial charge in [-0.2, -0.15) is 0 Å². The highest BCUT2D eigenvalue weighted by molar-refractivity contribution is 4.94. The number of aliphatic hydroxyl groups excluding tert-OH is 1. The third-order valence-electron chi connectivity index (χ3n) is 3.81. The summed E-state index contributed by atoms with van der Waals surface area (Å²) in [6.07, 6.45) is 5.09. The first-order chi connectivity index (χ1) is 6.62. The number of aliphatic hydroxyl groups is 1. The molecule has 1 heterocycles. The normalized spacial score (nSPS) is 27.0. The maximum absolute atomic E-state index is 9.26. The van der Waals surface area contributed by atoms with E-state index >= 15 is 0 Å². The summed E-state index contributed by atoms with van der Waals surface area (Å²) in [5.74, 6) is 0.476. The van der Waals surface area contributed by atoms with Crippen molar-refractivity contribution in [3.8, 4) is 0 Å². The van der Waals surface area contributed by atoms with Crippen LogP contribution in [0.25, 0.3) is 0 Å². The Morgan fingerprint density at radius 3 is 2.57 bits per heavy atom. The van der Waals surface area contributed by atoms with Gasteiger partial charge >= 0.3 is 0 Å². The van der Waals surface area contributed by atoms with E-state index in [1.807, 2.05) is 0 Å². The number of hydrogen-bond donors (Lipinski definition) is 1. The molecule has 1 N–H and O–H groups in total. The number of hydrogen-bond acceptors (Lipinski definition) is 2. The zero-order valence-electron chi connectivity index (χ0n) is 9.92. The van der Waals surface area contributed by atoms with E-state index in [0.29, 0.717) is 12.5 Å². The van der Waals surface area contributed by atoms with Gasteiger partial charge in [0.25, 0.3) is 0 Å². The fourth-order valence-corrected chi connectivity index (χ4v) is 2.48. The smallest absolute Gasteiger partial charge is 0.0477 e. The molecule has 1 rings (SSSR count). The molecule has 0 aliphatic carbocycles. The third-order valence-corrected chi connectivity index (χ3v) is 3.81. The van der Waals surface area contributed by atoms with Crippen LogP contribution in [0, 0.1) is 5.92 Å². The molecule has 1 atom stereocenters. The highest BCUT2D eigenvalue weighted by Crippen LogP contribution is 2.34. The molecule has 2 nitrogen and oxygen atoms in total. The molecule has 1 aliphatic heterocycles. The third kappa shape index (κ3) is 2.48. The average Bonchev–Trinajstić information content (AvgIpc) is 2.42. The lowest BCUT2D eigenvalue weighted by atomic mass is 9.89. The van der Waals surface area contributed by atoms with Crippen molar-refractivity contribution >= 4 is 0 Å². The van der Waals surface area contributed by atoms with Crippen LogP contribution in [0.4, 0.5) is 0 Å². The Kier molecular flexibility index (Phi) is 4.39. The molecule has 0 radical (unpaired) electrons. The molecule has 1 saturated heterocycles. The SMILES string of the molecule is CCCCCN1CCC(CO)C1(C)C. The van der Waals surface area contributed by atoms with Crippen LogP contribution >= 0.6 is 0 Å². The van der Waals surface area contributed by atoms with Gasteiger partial charge in [-0.15, -0.1) is 0 Å². The van der Waals surface area contributed by atoms with Gasteiger partial charge in [-0.1, -0.05) is 19.8 Å². The van der Waals surface area contributed by atoms with E-state index in [0.717, 1.165) is 6.42 Å². The van der Waals surface area contributed by atoms with Gasteiger partial charge in [0.1, 0.15) is 0 Å². The molecule has 84 valence electrons. The first kappa shape index (κ1) is 12.0. The Labute approximate surface area is 88.3 Å². The lowest BCUT2D eigenvalue weighted by Crippen LogP contribution is -2.43. The van der Waals surface area contributed by atoms with Gasteiger partial charge in [0.15, 0.2) is 0 Å². The molecule has 0 bridgehead atoms. The molecule has 0 spiro atoms. The predicted molar refractivity (Wildman–Crippen MR) is 60.4 cm³/mol. The van der Waals surface area contributed by atoms with Gasteiger partial charge in [-0.3, -0.25) is 4.90 Å². The van der Waals surface area contributed by atoms with Crippen molar-refractivity contribution in [3.05, 3.63) is 0 Å². The first-order valence-corrected chi connectivity index (χ1v) is 5.98. The molecule has 1 aliphatic rings. The lowest BCUT2D eigenvalue weighted by Gasteiger charge is -2.35. The molecule has 0 aromatic rings. The Hall–Kier alpha value is -0.0800. The average molecular weight is 199 g/mol. The quantitative estimate of drug-likeness (QED) is 0.687. The second-order valence-electron chi connectivity index (χ2n) is 5.02. The number of rotatable bonds is 5. The Bertz CT molecular complexity index is 168. The fourth-order valence-electron chi connectivity index (χ4n) is 2.48. The summed E-state index contributed by atoms with van der Waals surface area (Å²) >= 11 is 0. The van der Waals surface area contributed by atoms with Crippen molar-refractivity contribution in [3.63, 3.8) is 0 Å². The van der Waals surface area contributed by atoms with E-state index in [1.54, 1.807) is 0 Å². The van der Waals surface area contributed by atoms with Crippen LogP contribution in [0.5, 0.6) is 0 Å². The van der Waals surface area contributed by atoms with E-state index in [4.69, 9.17) is 0 Å². The van der Waals surface area contributed by atoms with Gasteiger partial charge in [0.2, 0.25) is 0 Å². The monoisotopic (exact) mass is 199 g/mol. The Morgan fingerprint density at radius 1 is 1.36 bits per heavy atom. The molecular weight excluding hydrogens is 174 g/mol. The van der Waals surface area contributed by atoms with E-state index in [9.17, 15) is 5.11 Å². The molecule has 1 fully saturated rings. The zero-order valence-corrected chi connectivity index (χ0v) is 9.92. The maximum Gasteiger partial charge on any atom is 0.0477 e. The van der Waals surface area contributed by atoms with E-state index < -0.39 is 0 Å². The van der Waals surface area contributed by atoms with Crippen molar-refractivity contribution in [2.75, 3.05) is 19.7 Å². The summed E-state index contributed by atoms with van der Waals surface area (Å²) in [5.41, 5.74) is 0.211. The second-order valence-corrected chi connectivity index (χ2v) is 5.02. The zero-order chi connectivity index (χ0) is 10.6. The number of nitrogens with zero attached hydrogens (tertiary/aromatic N) is 1. The van der Waals surface area contributed by atoms with Crippen LogP contribution in [0.2, 0.25) is 0 Å². The minimum Gasteiger partial charge on any atom is -0.396 e. The van der Waals surface area contributed by atoms with Gasteiger partial charge in [-0.25, -0.2) is 0 Å². The summed E-state index contributed by atoms with van der Waals surface area (Å²) in [5, 5.41) is 9.26. The van der Waals surface area contributed by atoms with Crippen molar-refractivity contribution in [2.24, 2.45) is 5.92 Å². The van der Waals surface area contributed by atoms with Crippen LogP contribution < -0.4 is 0 Å². The number of unbranched alkanes of at least 4 members (excludes halogenated alkanes) is 2. The molecule has 0 aromatic heterocycles. The highest BCUT2D eigenvalue weighted by atomic mass is 16.3. The largest absolute Gasteiger partial charge is 0.396 e. The minimum absolute atomic E-state index is 0.211. The van der Waals surface area contributed by atoms with Crippen molar-refractivity contribution in [1.29, 1.82) is 0 Å². The maximum atomic E-state index is 9.26. The molecule has 2 heteroatoms. The standard InChI is InChI=1S/C12H25NO/c1-4-5-6-8-13-9-7-11(10-14)12(13,2)3/h11,14H,4-10H2,1-3H3. The molecule has 1 unspecified atom stereocenters. The van der Waals surface area contributed by atoms with Crippen molar-refractivity contribution < 1.29 is 5.11 Å². The van der Waals surface area contributed by atoms with E-state index in [1.165, 1.54) is 32.4 Å². The number of likely N-dealkylation sites (tertiary alicyclic amines) is 1.